The molecule has 1 amide bonds. The molecule has 0 fully saturated rings. The van der Waals surface area contributed by atoms with Gasteiger partial charge in [0.05, 0.1) is 17.1 Å². The molecule has 0 aliphatic carbocycles. The summed E-state index contributed by atoms with van der Waals surface area (Å²) in [5.74, 6) is -0.768. The third-order valence-corrected chi connectivity index (χ3v) is 6.41. The molecule has 0 radical (unpaired) electrons. The standard InChI is InChI=1S/C20H28FN5O3S.ClH/c1-14-18(12-15-6-8-17(9-7-15)30(28,29)25(4)5)19(20(27)24(2)3)26(23-14)13-16(21)10-11-22;/h6-10H,11-13,22H2,1-5H3;1H. The second-order valence-corrected chi connectivity index (χ2v) is 9.42. The van der Waals surface area contributed by atoms with E-state index in [2.05, 4.69) is 5.10 Å². The van der Waals surface area contributed by atoms with E-state index >= 15 is 0 Å². The number of halogens is 2. The van der Waals surface area contributed by atoms with Crippen molar-refractivity contribution in [2.75, 3.05) is 34.7 Å². The summed E-state index contributed by atoms with van der Waals surface area (Å²) in [7, 11) is 2.65. The molecule has 2 N–H and O–H groups in total. The molecule has 0 bridgehead atoms. The van der Waals surface area contributed by atoms with Crippen molar-refractivity contribution < 1.29 is 17.6 Å². The lowest BCUT2D eigenvalue weighted by molar-refractivity contribution is 0.0814. The zero-order valence-electron chi connectivity index (χ0n) is 18.3. The van der Waals surface area contributed by atoms with Crippen molar-refractivity contribution in [3.63, 3.8) is 0 Å². The highest BCUT2D eigenvalue weighted by Gasteiger charge is 2.24. The number of rotatable bonds is 8. The van der Waals surface area contributed by atoms with Crippen LogP contribution in [0.15, 0.2) is 41.1 Å². The number of aromatic nitrogens is 2. The van der Waals surface area contributed by atoms with E-state index in [9.17, 15) is 17.6 Å². The number of sulfonamides is 1. The first-order valence-electron chi connectivity index (χ1n) is 9.33. The quantitative estimate of drug-likeness (QED) is 0.631. The van der Waals surface area contributed by atoms with Gasteiger partial charge in [0.1, 0.15) is 11.5 Å². The van der Waals surface area contributed by atoms with Gasteiger partial charge in [-0.25, -0.2) is 17.1 Å². The summed E-state index contributed by atoms with van der Waals surface area (Å²) in [5, 5.41) is 4.36. The van der Waals surface area contributed by atoms with Gasteiger partial charge in [0, 0.05) is 46.7 Å². The van der Waals surface area contributed by atoms with Crippen LogP contribution < -0.4 is 5.73 Å². The Morgan fingerprint density at radius 1 is 1.19 bits per heavy atom. The molecular formula is C20H29ClFN5O3S. The summed E-state index contributed by atoms with van der Waals surface area (Å²) in [5.41, 5.74) is 7.73. The molecule has 0 unspecified atom stereocenters. The zero-order chi connectivity index (χ0) is 22.6. The van der Waals surface area contributed by atoms with Crippen LogP contribution in [-0.2, 0) is 23.0 Å². The molecule has 0 saturated heterocycles. The first kappa shape index (κ1) is 26.8. The zero-order valence-corrected chi connectivity index (χ0v) is 19.9. The maximum Gasteiger partial charge on any atom is 0.271 e. The second kappa shape index (κ2) is 10.9. The van der Waals surface area contributed by atoms with E-state index in [4.69, 9.17) is 5.73 Å². The number of hydrogen-bond acceptors (Lipinski definition) is 5. The Morgan fingerprint density at radius 2 is 1.77 bits per heavy atom. The predicted molar refractivity (Wildman–Crippen MR) is 121 cm³/mol. The molecule has 0 aliphatic rings. The highest BCUT2D eigenvalue weighted by molar-refractivity contribution is 7.89. The maximum atomic E-state index is 14.1. The Labute approximate surface area is 189 Å². The van der Waals surface area contributed by atoms with Crippen LogP contribution in [0.25, 0.3) is 0 Å². The van der Waals surface area contributed by atoms with Crippen molar-refractivity contribution in [2.45, 2.75) is 24.8 Å². The predicted octanol–water partition coefficient (Wildman–Crippen LogP) is 1.97. The fourth-order valence-corrected chi connectivity index (χ4v) is 3.83. The molecule has 0 spiro atoms. The number of nitrogens with zero attached hydrogens (tertiary/aromatic N) is 4. The Hall–Kier alpha value is -2.27. The van der Waals surface area contributed by atoms with E-state index in [0.717, 1.165) is 9.87 Å². The van der Waals surface area contributed by atoms with Gasteiger partial charge in [0.15, 0.2) is 0 Å². The number of carbonyl (C=O) groups is 1. The lowest BCUT2D eigenvalue weighted by atomic mass is 10.0. The molecule has 0 saturated carbocycles. The van der Waals surface area contributed by atoms with Gasteiger partial charge in [-0.3, -0.25) is 9.48 Å². The molecular weight excluding hydrogens is 445 g/mol. The van der Waals surface area contributed by atoms with Crippen LogP contribution in [-0.4, -0.2) is 68.0 Å². The van der Waals surface area contributed by atoms with Crippen molar-refractivity contribution >= 4 is 28.3 Å². The van der Waals surface area contributed by atoms with Gasteiger partial charge in [-0.2, -0.15) is 5.10 Å². The summed E-state index contributed by atoms with van der Waals surface area (Å²) in [6.07, 6.45) is 1.59. The molecule has 8 nitrogen and oxygen atoms in total. The third-order valence-electron chi connectivity index (χ3n) is 4.58. The Morgan fingerprint density at radius 3 is 2.26 bits per heavy atom. The Kier molecular flexibility index (Phi) is 9.37. The summed E-state index contributed by atoms with van der Waals surface area (Å²) < 4.78 is 41.0. The van der Waals surface area contributed by atoms with E-state index in [1.165, 1.54) is 41.9 Å². The SMILES string of the molecule is Cc1nn(CC(F)=CCN)c(C(=O)N(C)C)c1Cc1ccc(S(=O)(=O)N(C)C)cc1.Cl. The first-order chi connectivity index (χ1) is 14.0. The van der Waals surface area contributed by atoms with Crippen molar-refractivity contribution in [2.24, 2.45) is 5.73 Å². The van der Waals surface area contributed by atoms with Crippen LogP contribution in [0.5, 0.6) is 0 Å². The average Bonchev–Trinajstić information content (AvgIpc) is 2.96. The van der Waals surface area contributed by atoms with Crippen molar-refractivity contribution in [1.29, 1.82) is 0 Å². The second-order valence-electron chi connectivity index (χ2n) is 7.26. The van der Waals surface area contributed by atoms with Gasteiger partial charge in [-0.05, 0) is 30.7 Å². The monoisotopic (exact) mass is 473 g/mol. The van der Waals surface area contributed by atoms with Crippen molar-refractivity contribution in [3.05, 3.63) is 58.7 Å². The fraction of sp³-hybridized carbons (Fsp3) is 0.400. The molecule has 1 aromatic heterocycles. The minimum Gasteiger partial charge on any atom is -0.343 e. The number of nitrogens with two attached hydrogens (primary N) is 1. The number of amides is 1. The summed E-state index contributed by atoms with van der Waals surface area (Å²) in [6, 6.07) is 6.46. The van der Waals surface area contributed by atoms with Gasteiger partial charge < -0.3 is 10.6 Å². The summed E-state index contributed by atoms with van der Waals surface area (Å²) in [4.78, 5) is 14.4. The topological polar surface area (TPSA) is 102 Å². The van der Waals surface area contributed by atoms with Crippen LogP contribution in [0.2, 0.25) is 0 Å². The summed E-state index contributed by atoms with van der Waals surface area (Å²) in [6.45, 7) is 1.62. The molecule has 2 rings (SSSR count). The van der Waals surface area contributed by atoms with Crippen LogP contribution in [0.4, 0.5) is 4.39 Å². The van der Waals surface area contributed by atoms with Gasteiger partial charge >= 0.3 is 0 Å². The van der Waals surface area contributed by atoms with E-state index in [1.54, 1.807) is 33.2 Å². The largest absolute Gasteiger partial charge is 0.343 e. The third kappa shape index (κ3) is 6.13. The molecule has 1 aromatic carbocycles. The number of benzene rings is 1. The smallest absolute Gasteiger partial charge is 0.271 e. The minimum atomic E-state index is -3.52. The highest BCUT2D eigenvalue weighted by Crippen LogP contribution is 2.22. The number of hydrogen-bond donors (Lipinski definition) is 1. The molecule has 0 aliphatic heterocycles. The Balaban J connectivity index is 0.00000480. The molecule has 172 valence electrons. The average molecular weight is 474 g/mol. The van der Waals surface area contributed by atoms with Crippen LogP contribution in [0, 0.1) is 6.92 Å². The first-order valence-corrected chi connectivity index (χ1v) is 10.8. The highest BCUT2D eigenvalue weighted by atomic mass is 35.5. The van der Waals surface area contributed by atoms with Crippen molar-refractivity contribution in [3.8, 4) is 0 Å². The molecule has 11 heteroatoms. The van der Waals surface area contributed by atoms with E-state index in [0.29, 0.717) is 23.4 Å². The number of aryl methyl sites for hydroxylation is 1. The van der Waals surface area contributed by atoms with E-state index < -0.39 is 15.9 Å². The molecule has 0 atom stereocenters. The molecule has 1 heterocycles. The number of carbonyl (C=O) groups excluding carboxylic acids is 1. The van der Waals surface area contributed by atoms with Gasteiger partial charge in [-0.1, -0.05) is 12.1 Å². The van der Waals surface area contributed by atoms with Gasteiger partial charge in [0.25, 0.3) is 5.91 Å². The van der Waals surface area contributed by atoms with Crippen LogP contribution in [0.1, 0.15) is 27.3 Å². The molecule has 2 aromatic rings. The van der Waals surface area contributed by atoms with Gasteiger partial charge in [0.2, 0.25) is 10.0 Å². The summed E-state index contributed by atoms with van der Waals surface area (Å²) >= 11 is 0. The Bertz CT molecular complexity index is 1050. The van der Waals surface area contributed by atoms with Crippen LogP contribution in [0.3, 0.4) is 0 Å². The van der Waals surface area contributed by atoms with E-state index in [-0.39, 0.29) is 36.3 Å². The number of allylic oxidation sites excluding steroid dienone is 1. The maximum absolute atomic E-state index is 14.1. The van der Waals surface area contributed by atoms with E-state index in [1.807, 2.05) is 0 Å². The lowest BCUT2D eigenvalue weighted by Crippen LogP contribution is -2.26. The minimum absolute atomic E-state index is 0. The molecule has 31 heavy (non-hydrogen) atoms. The fourth-order valence-electron chi connectivity index (χ4n) is 2.93. The normalized spacial score (nSPS) is 12.1. The van der Waals surface area contributed by atoms with Gasteiger partial charge in [-0.15, -0.1) is 12.4 Å². The van der Waals surface area contributed by atoms with Crippen molar-refractivity contribution in [1.82, 2.24) is 19.0 Å². The lowest BCUT2D eigenvalue weighted by Gasteiger charge is -2.14. The van der Waals surface area contributed by atoms with Crippen LogP contribution >= 0.6 is 12.4 Å².